The molecule has 0 aliphatic rings. The van der Waals surface area contributed by atoms with Crippen LogP contribution in [0.1, 0.15) is 12.0 Å². The molecule has 0 fully saturated rings. The number of hydrogen-bond acceptors (Lipinski definition) is 3. The summed E-state index contributed by atoms with van der Waals surface area (Å²) in [6.07, 6.45) is 0.156. The third-order valence-electron chi connectivity index (χ3n) is 2.02. The van der Waals surface area contributed by atoms with Crippen molar-refractivity contribution >= 4 is 15.7 Å². The van der Waals surface area contributed by atoms with Gasteiger partial charge < -0.3 is 5.11 Å². The highest BCUT2D eigenvalue weighted by molar-refractivity contribution is 7.92. The highest BCUT2D eigenvalue weighted by atomic mass is 32.2. The third kappa shape index (κ3) is 3.79. The molecule has 1 rings (SSSR count). The molecule has 6 heteroatoms. The van der Waals surface area contributed by atoms with Crippen molar-refractivity contribution in [3.63, 3.8) is 0 Å². The van der Waals surface area contributed by atoms with Crippen molar-refractivity contribution in [1.82, 2.24) is 0 Å². The van der Waals surface area contributed by atoms with Crippen LogP contribution in [0.25, 0.3) is 0 Å². The van der Waals surface area contributed by atoms with Crippen LogP contribution in [0.5, 0.6) is 0 Å². The first-order valence-electron chi connectivity index (χ1n) is 4.82. The van der Waals surface area contributed by atoms with Crippen LogP contribution >= 0.6 is 0 Å². The van der Waals surface area contributed by atoms with E-state index < -0.39 is 15.8 Å². The second-order valence-electron chi connectivity index (χ2n) is 3.46. The fraction of sp³-hybridized carbons (Fsp3) is 0.400. The standard InChI is InChI=1S/C10H14FNO3S/c1-8-3-4-9(7-10(8)11)12-16(14,15)6-2-5-13/h3-4,7,12-13H,2,5-6H2,1H3. The van der Waals surface area contributed by atoms with E-state index in [9.17, 15) is 12.8 Å². The van der Waals surface area contributed by atoms with Gasteiger partial charge >= 0.3 is 0 Å². The summed E-state index contributed by atoms with van der Waals surface area (Å²) in [6.45, 7) is 1.41. The molecule has 0 heterocycles. The van der Waals surface area contributed by atoms with E-state index in [0.29, 0.717) is 5.56 Å². The van der Waals surface area contributed by atoms with E-state index in [4.69, 9.17) is 5.11 Å². The van der Waals surface area contributed by atoms with Gasteiger partial charge in [-0.15, -0.1) is 0 Å². The van der Waals surface area contributed by atoms with Crippen LogP contribution in [0.3, 0.4) is 0 Å². The maximum Gasteiger partial charge on any atom is 0.232 e. The van der Waals surface area contributed by atoms with E-state index in [1.54, 1.807) is 6.92 Å². The number of aryl methyl sites for hydroxylation is 1. The summed E-state index contributed by atoms with van der Waals surface area (Å²) in [5.41, 5.74) is 0.652. The lowest BCUT2D eigenvalue weighted by molar-refractivity contribution is 0.295. The smallest absolute Gasteiger partial charge is 0.232 e. The maximum atomic E-state index is 13.1. The number of benzene rings is 1. The van der Waals surface area contributed by atoms with Crippen molar-refractivity contribution in [3.8, 4) is 0 Å². The van der Waals surface area contributed by atoms with Gasteiger partial charge in [0.2, 0.25) is 10.0 Å². The Bertz CT molecular complexity index is 459. The fourth-order valence-corrected chi connectivity index (χ4v) is 2.24. The van der Waals surface area contributed by atoms with E-state index in [-0.39, 0.29) is 24.5 Å². The van der Waals surface area contributed by atoms with Crippen LogP contribution in [-0.2, 0) is 10.0 Å². The summed E-state index contributed by atoms with van der Waals surface area (Å²) in [7, 11) is -3.50. The average Bonchev–Trinajstić information content (AvgIpc) is 2.20. The molecule has 0 amide bonds. The number of halogens is 1. The molecule has 0 aromatic heterocycles. The summed E-state index contributed by atoms with van der Waals surface area (Å²) in [6, 6.07) is 4.12. The number of nitrogens with one attached hydrogen (secondary N) is 1. The molecule has 0 aliphatic heterocycles. The lowest BCUT2D eigenvalue weighted by Crippen LogP contribution is -2.17. The molecule has 1 aromatic rings. The van der Waals surface area contributed by atoms with E-state index in [1.807, 2.05) is 0 Å². The lowest BCUT2D eigenvalue weighted by atomic mass is 10.2. The van der Waals surface area contributed by atoms with Crippen molar-refractivity contribution in [2.75, 3.05) is 17.1 Å². The Hall–Kier alpha value is -1.14. The summed E-state index contributed by atoms with van der Waals surface area (Å²) in [5.74, 6) is -0.638. The molecule has 0 spiro atoms. The normalized spacial score (nSPS) is 11.4. The van der Waals surface area contributed by atoms with Crippen molar-refractivity contribution in [1.29, 1.82) is 0 Å². The van der Waals surface area contributed by atoms with Crippen molar-refractivity contribution in [2.45, 2.75) is 13.3 Å². The monoisotopic (exact) mass is 247 g/mol. The Kier molecular flexibility index (Phi) is 4.26. The van der Waals surface area contributed by atoms with Crippen molar-refractivity contribution in [2.24, 2.45) is 0 Å². The average molecular weight is 247 g/mol. The minimum atomic E-state index is -3.50. The Morgan fingerprint density at radius 3 is 2.69 bits per heavy atom. The molecule has 1 aromatic carbocycles. The highest BCUT2D eigenvalue weighted by Gasteiger charge is 2.10. The zero-order valence-electron chi connectivity index (χ0n) is 8.90. The van der Waals surface area contributed by atoms with Gasteiger partial charge in [-0.1, -0.05) is 6.07 Å². The highest BCUT2D eigenvalue weighted by Crippen LogP contribution is 2.15. The molecule has 0 unspecified atom stereocenters. The molecule has 0 atom stereocenters. The van der Waals surface area contributed by atoms with Gasteiger partial charge in [-0.25, -0.2) is 12.8 Å². The summed E-state index contributed by atoms with van der Waals surface area (Å²) in [4.78, 5) is 0. The number of anilines is 1. The number of aliphatic hydroxyl groups is 1. The zero-order valence-corrected chi connectivity index (χ0v) is 9.72. The molecule has 4 nitrogen and oxygen atoms in total. The number of aliphatic hydroxyl groups excluding tert-OH is 1. The van der Waals surface area contributed by atoms with Crippen LogP contribution in [0.4, 0.5) is 10.1 Å². The van der Waals surface area contributed by atoms with Crippen LogP contribution in [-0.4, -0.2) is 25.9 Å². The van der Waals surface area contributed by atoms with Gasteiger partial charge in [0.25, 0.3) is 0 Å². The molecule has 0 radical (unpaired) electrons. The van der Waals surface area contributed by atoms with Crippen LogP contribution < -0.4 is 4.72 Å². The Labute approximate surface area is 94.2 Å². The second kappa shape index (κ2) is 5.27. The van der Waals surface area contributed by atoms with Crippen LogP contribution in [0.2, 0.25) is 0 Å². The molecule has 0 saturated carbocycles. The van der Waals surface area contributed by atoms with E-state index in [2.05, 4.69) is 4.72 Å². The van der Waals surface area contributed by atoms with Gasteiger partial charge in [0.05, 0.1) is 11.4 Å². The molecule has 0 saturated heterocycles. The number of sulfonamides is 1. The molecular formula is C10H14FNO3S. The van der Waals surface area contributed by atoms with Gasteiger partial charge in [0, 0.05) is 6.61 Å². The van der Waals surface area contributed by atoms with E-state index in [0.717, 1.165) is 6.07 Å². The topological polar surface area (TPSA) is 66.4 Å². The van der Waals surface area contributed by atoms with Crippen LogP contribution in [0, 0.1) is 12.7 Å². The minimum absolute atomic E-state index is 0.156. The van der Waals surface area contributed by atoms with Gasteiger partial charge in [-0.05, 0) is 31.0 Å². The molecule has 0 bridgehead atoms. The first-order chi connectivity index (χ1) is 7.44. The molecule has 16 heavy (non-hydrogen) atoms. The van der Waals surface area contributed by atoms with Crippen LogP contribution in [0.15, 0.2) is 18.2 Å². The van der Waals surface area contributed by atoms with E-state index in [1.165, 1.54) is 12.1 Å². The van der Waals surface area contributed by atoms with Crippen molar-refractivity contribution in [3.05, 3.63) is 29.6 Å². The Morgan fingerprint density at radius 1 is 1.44 bits per heavy atom. The largest absolute Gasteiger partial charge is 0.396 e. The van der Waals surface area contributed by atoms with Gasteiger partial charge in [0.15, 0.2) is 0 Å². The number of hydrogen-bond donors (Lipinski definition) is 2. The van der Waals surface area contributed by atoms with Crippen molar-refractivity contribution < 1.29 is 17.9 Å². The summed E-state index contributed by atoms with van der Waals surface area (Å²) < 4.78 is 38.2. The van der Waals surface area contributed by atoms with Gasteiger partial charge in [-0.3, -0.25) is 4.72 Å². The first kappa shape index (κ1) is 12.9. The molecule has 0 aliphatic carbocycles. The maximum absolute atomic E-state index is 13.1. The lowest BCUT2D eigenvalue weighted by Gasteiger charge is -2.07. The SMILES string of the molecule is Cc1ccc(NS(=O)(=O)CCCO)cc1F. The second-order valence-corrected chi connectivity index (χ2v) is 5.30. The zero-order chi connectivity index (χ0) is 12.2. The summed E-state index contributed by atoms with van der Waals surface area (Å²) >= 11 is 0. The summed E-state index contributed by atoms with van der Waals surface area (Å²) in [5, 5.41) is 8.52. The number of rotatable bonds is 5. The fourth-order valence-electron chi connectivity index (χ4n) is 1.14. The quantitative estimate of drug-likeness (QED) is 0.823. The van der Waals surface area contributed by atoms with Gasteiger partial charge in [-0.2, -0.15) is 0 Å². The molecule has 90 valence electrons. The molecular weight excluding hydrogens is 233 g/mol. The molecule has 2 N–H and O–H groups in total. The predicted molar refractivity (Wildman–Crippen MR) is 60.2 cm³/mol. The minimum Gasteiger partial charge on any atom is -0.396 e. The Morgan fingerprint density at radius 2 is 2.12 bits per heavy atom. The van der Waals surface area contributed by atoms with E-state index >= 15 is 0 Å². The predicted octanol–water partition coefficient (Wildman–Crippen LogP) is 1.26. The first-order valence-corrected chi connectivity index (χ1v) is 6.47. The van der Waals surface area contributed by atoms with Gasteiger partial charge in [0.1, 0.15) is 5.82 Å². The third-order valence-corrected chi connectivity index (χ3v) is 3.39. The Balaban J connectivity index is 2.76.